The number of carbonyl (C=O) groups is 2. The van der Waals surface area contributed by atoms with Crippen molar-refractivity contribution >= 4 is 39.2 Å². The summed E-state index contributed by atoms with van der Waals surface area (Å²) in [5.41, 5.74) is -8.31. The van der Waals surface area contributed by atoms with E-state index in [1.165, 1.54) is 61.7 Å². The number of ether oxygens (including phenoxy) is 3. The summed E-state index contributed by atoms with van der Waals surface area (Å²) in [7, 11) is -4.99. The van der Waals surface area contributed by atoms with Crippen molar-refractivity contribution in [3.63, 3.8) is 0 Å². The van der Waals surface area contributed by atoms with Gasteiger partial charge in [0.05, 0.1) is 0 Å². The van der Waals surface area contributed by atoms with Crippen molar-refractivity contribution in [3.05, 3.63) is 54.6 Å². The maximum atomic E-state index is 14.0. The van der Waals surface area contributed by atoms with Crippen LogP contribution in [-0.2, 0) is 28.4 Å². The van der Waals surface area contributed by atoms with E-state index in [9.17, 15) is 31.2 Å². The number of rotatable bonds is 7. The van der Waals surface area contributed by atoms with E-state index in [0.717, 1.165) is 6.66 Å². The van der Waals surface area contributed by atoms with E-state index >= 15 is 0 Å². The summed E-state index contributed by atoms with van der Waals surface area (Å²) in [5, 5.41) is -0.351. The molecule has 0 N–H and O–H groups in total. The average Bonchev–Trinajstić information content (AvgIpc) is 3.05. The molecule has 1 atom stereocenters. The third-order valence-electron chi connectivity index (χ3n) is 5.81. The molecule has 2 aromatic rings. The average molecular weight is 536 g/mol. The van der Waals surface area contributed by atoms with Crippen LogP contribution in [0.2, 0.25) is 0 Å². The first kappa shape index (κ1) is 26.9. The number of hydrogen-bond donors (Lipinski definition) is 0. The van der Waals surface area contributed by atoms with Gasteiger partial charge in [-0.3, -0.25) is 0 Å². The van der Waals surface area contributed by atoms with Crippen LogP contribution in [0.4, 0.5) is 18.0 Å². The number of methoxy groups -OCH3 is 1. The first-order chi connectivity index (χ1) is 16.1. The number of benzene rings is 2. The predicted molar refractivity (Wildman–Crippen MR) is 123 cm³/mol. The van der Waals surface area contributed by atoms with Gasteiger partial charge >= 0.3 is 200 Å². The molecule has 0 aromatic heterocycles. The molecule has 1 heterocycles. The molecule has 1 fully saturated rings. The Kier molecular flexibility index (Phi) is 6.73. The van der Waals surface area contributed by atoms with Crippen molar-refractivity contribution in [2.24, 2.45) is 5.41 Å². The molecule has 8 nitrogen and oxygen atoms in total. The predicted octanol–water partition coefficient (Wildman–Crippen LogP) is 3.70. The Morgan fingerprint density at radius 2 is 1.60 bits per heavy atom. The van der Waals surface area contributed by atoms with Crippen molar-refractivity contribution in [2.45, 2.75) is 25.5 Å². The number of cyclic esters (lactones) is 1. The van der Waals surface area contributed by atoms with Gasteiger partial charge in [0.2, 0.25) is 0 Å². The van der Waals surface area contributed by atoms with Gasteiger partial charge in [-0.15, -0.1) is 0 Å². The second-order valence-corrected chi connectivity index (χ2v) is 15.1. The maximum absolute atomic E-state index is 14.0. The van der Waals surface area contributed by atoms with E-state index < -0.39 is 45.7 Å². The minimum absolute atomic E-state index is 0.112. The summed E-state index contributed by atoms with van der Waals surface area (Å²) in [6.45, 7) is -1.56. The number of alkyl halides is 3. The molecule has 192 valence electrons. The summed E-state index contributed by atoms with van der Waals surface area (Å²) in [5.74, 6) is -0.616. The van der Waals surface area contributed by atoms with Crippen molar-refractivity contribution < 1.29 is 49.4 Å². The Hall–Kier alpha value is -2.69. The van der Waals surface area contributed by atoms with Crippen LogP contribution >= 0.6 is 6.83 Å². The van der Waals surface area contributed by atoms with E-state index in [4.69, 9.17) is 18.2 Å². The SMILES string of the molecule is COc1ccc(P(C)(OS(=O)(=O)C(F)(F)F)(C(=O)O[C@H]2C(=O)OCC2(C)C)c2ccccc2)cc1. The fraction of sp³-hybridized carbons (Fsp3) is 0.364. The molecule has 13 heteroatoms. The topological polar surface area (TPSA) is 105 Å². The van der Waals surface area contributed by atoms with Gasteiger partial charge in [0.25, 0.3) is 0 Å². The molecule has 0 aliphatic carbocycles. The third-order valence-corrected chi connectivity index (χ3v) is 12.7. The van der Waals surface area contributed by atoms with Crippen LogP contribution in [0.15, 0.2) is 54.6 Å². The van der Waals surface area contributed by atoms with Gasteiger partial charge in [0.15, 0.2) is 0 Å². The van der Waals surface area contributed by atoms with Gasteiger partial charge in [-0.2, -0.15) is 0 Å². The molecule has 0 amide bonds. The normalized spacial score (nSPS) is 19.3. The fourth-order valence-electron chi connectivity index (χ4n) is 3.66. The van der Waals surface area contributed by atoms with E-state index in [1.54, 1.807) is 13.8 Å². The van der Waals surface area contributed by atoms with Crippen molar-refractivity contribution in [1.82, 2.24) is 0 Å². The molecule has 1 aliphatic rings. The number of halogens is 3. The molecular formula is C22H24F3O8PS. The quantitative estimate of drug-likeness (QED) is 0.300. The second-order valence-electron chi connectivity index (χ2n) is 8.83. The Morgan fingerprint density at radius 3 is 2.06 bits per heavy atom. The number of carbonyl (C=O) groups excluding carboxylic acids is 2. The Bertz CT molecular complexity index is 1230. The van der Waals surface area contributed by atoms with Crippen molar-refractivity contribution in [3.8, 4) is 5.75 Å². The summed E-state index contributed by atoms with van der Waals surface area (Å²) in [4.78, 5) is 26.3. The van der Waals surface area contributed by atoms with Gasteiger partial charge in [-0.05, 0) is 0 Å². The molecule has 0 bridgehead atoms. The molecule has 1 aliphatic heterocycles. The van der Waals surface area contributed by atoms with Crippen LogP contribution in [0.1, 0.15) is 13.8 Å². The molecular weight excluding hydrogens is 512 g/mol. The molecule has 1 saturated heterocycles. The molecule has 2 aromatic carbocycles. The van der Waals surface area contributed by atoms with Crippen LogP contribution in [-0.4, -0.2) is 52.1 Å². The van der Waals surface area contributed by atoms with E-state index in [0.29, 0.717) is 5.75 Å². The summed E-state index contributed by atoms with van der Waals surface area (Å²) >= 11 is 0. The molecule has 0 spiro atoms. The molecule has 0 saturated carbocycles. The third kappa shape index (κ3) is 4.50. The van der Waals surface area contributed by atoms with Gasteiger partial charge in [-0.1, -0.05) is 0 Å². The van der Waals surface area contributed by atoms with Crippen LogP contribution in [0.5, 0.6) is 5.75 Å². The van der Waals surface area contributed by atoms with Crippen LogP contribution in [0, 0.1) is 5.41 Å². The van der Waals surface area contributed by atoms with E-state index in [2.05, 4.69) is 0 Å². The van der Waals surface area contributed by atoms with E-state index in [1.807, 2.05) is 0 Å². The zero-order valence-corrected chi connectivity index (χ0v) is 20.9. The van der Waals surface area contributed by atoms with Gasteiger partial charge < -0.3 is 0 Å². The molecule has 0 radical (unpaired) electrons. The number of hydrogen-bond acceptors (Lipinski definition) is 8. The fourth-order valence-corrected chi connectivity index (χ4v) is 9.72. The Morgan fingerprint density at radius 1 is 1.06 bits per heavy atom. The summed E-state index contributed by atoms with van der Waals surface area (Å²) in [6.07, 6.45) is -1.50. The van der Waals surface area contributed by atoms with Crippen molar-refractivity contribution in [2.75, 3.05) is 20.4 Å². The monoisotopic (exact) mass is 536 g/mol. The standard InChI is InChI=1S/C22H24F3O8PS/c1-21(2)14-31-19(26)18(21)32-20(27)34(4,16-8-6-5-7-9-16,33-35(28,29)22(23,24)25)17-12-10-15(30-3)11-13-17/h5-13,18H,14H2,1-4H3/t18-/m0/s1. The Balaban J connectivity index is 2.35. The molecule has 35 heavy (non-hydrogen) atoms. The summed E-state index contributed by atoms with van der Waals surface area (Å²) < 4.78 is 86.2. The van der Waals surface area contributed by atoms with Crippen LogP contribution in [0.25, 0.3) is 0 Å². The summed E-state index contributed by atoms with van der Waals surface area (Å²) in [6, 6.07) is 12.0. The first-order valence-electron chi connectivity index (χ1n) is 10.2. The second kappa shape index (κ2) is 8.76. The van der Waals surface area contributed by atoms with Crippen LogP contribution in [0.3, 0.4) is 0 Å². The van der Waals surface area contributed by atoms with Crippen molar-refractivity contribution in [1.29, 1.82) is 0 Å². The van der Waals surface area contributed by atoms with Gasteiger partial charge in [0, 0.05) is 0 Å². The zero-order chi connectivity index (χ0) is 26.3. The number of esters is 1. The van der Waals surface area contributed by atoms with Gasteiger partial charge in [0.1, 0.15) is 0 Å². The van der Waals surface area contributed by atoms with Crippen LogP contribution < -0.4 is 15.3 Å². The first-order valence-corrected chi connectivity index (χ1v) is 14.2. The zero-order valence-electron chi connectivity index (χ0n) is 19.2. The minimum atomic E-state index is -6.34. The molecule has 0 unspecified atom stereocenters. The molecule has 3 rings (SSSR count). The van der Waals surface area contributed by atoms with Gasteiger partial charge in [-0.25, -0.2) is 0 Å². The Labute approximate surface area is 200 Å². The van der Waals surface area contributed by atoms with E-state index in [-0.39, 0.29) is 17.2 Å².